The second kappa shape index (κ2) is 10.6. The maximum atomic E-state index is 13.5. The number of benzene rings is 3. The maximum absolute atomic E-state index is 13.5. The van der Waals surface area contributed by atoms with Gasteiger partial charge in [0, 0.05) is 30.5 Å². The van der Waals surface area contributed by atoms with Crippen LogP contribution >= 0.6 is 0 Å². The van der Waals surface area contributed by atoms with Gasteiger partial charge in [0.2, 0.25) is 11.8 Å². The summed E-state index contributed by atoms with van der Waals surface area (Å²) in [5, 5.41) is 2.20. The Bertz CT molecular complexity index is 1580. The van der Waals surface area contributed by atoms with Crippen LogP contribution < -0.4 is 5.32 Å². The number of nitrogens with zero attached hydrogens (tertiary/aromatic N) is 3. The number of rotatable bonds is 5. The third-order valence-corrected chi connectivity index (χ3v) is 9.48. The Hall–Kier alpha value is -4.63. The smallest absolute Gasteiger partial charge is 0.262 e. The summed E-state index contributed by atoms with van der Waals surface area (Å²) in [5.41, 5.74) is 3.27. The van der Waals surface area contributed by atoms with Crippen molar-refractivity contribution in [3.8, 4) is 0 Å². The van der Waals surface area contributed by atoms with E-state index in [0.29, 0.717) is 18.7 Å². The zero-order valence-corrected chi connectivity index (χ0v) is 23.7. The first-order chi connectivity index (χ1) is 20.8. The van der Waals surface area contributed by atoms with Gasteiger partial charge in [0.15, 0.2) is 0 Å². The fourth-order valence-corrected chi connectivity index (χ4v) is 7.15. The molecule has 1 N–H and O–H groups in total. The van der Waals surface area contributed by atoms with Crippen molar-refractivity contribution < 1.29 is 24.0 Å². The molecule has 4 heterocycles. The van der Waals surface area contributed by atoms with Gasteiger partial charge in [0.25, 0.3) is 17.7 Å². The lowest BCUT2D eigenvalue weighted by atomic mass is 9.71. The van der Waals surface area contributed by atoms with Crippen LogP contribution in [0.4, 0.5) is 0 Å². The number of carbonyl (C=O) groups is 5. The molecular formula is C34H32N4O5. The lowest BCUT2D eigenvalue weighted by Gasteiger charge is -2.55. The summed E-state index contributed by atoms with van der Waals surface area (Å²) >= 11 is 0. The molecule has 4 aliphatic rings. The Balaban J connectivity index is 1.01. The summed E-state index contributed by atoms with van der Waals surface area (Å²) in [7, 11) is 0. The highest BCUT2D eigenvalue weighted by molar-refractivity contribution is 6.24. The molecule has 43 heavy (non-hydrogen) atoms. The molecule has 0 aliphatic carbocycles. The SMILES string of the molecule is O=C1CCC(N2C(=O)c3ccc(C(=O)N4CC5(CCN(C(c6ccccc6)c6ccccc6)CC5)C4)cc3C2=O)C(=O)N1. The molecule has 0 aromatic heterocycles. The summed E-state index contributed by atoms with van der Waals surface area (Å²) in [6.07, 6.45) is 2.13. The van der Waals surface area contributed by atoms with Crippen LogP contribution in [0.5, 0.6) is 0 Å². The standard InChI is InChI=1S/C34H32N4O5/c39-28-14-13-27(30(40)35-28)38-32(42)25-12-11-24(19-26(25)33(38)43)31(41)37-20-34(21-37)15-17-36(18-16-34)29(22-7-3-1-4-8-22)23-9-5-2-6-10-23/h1-12,19,27,29H,13-18,20-21H2,(H,35,39,40). The van der Waals surface area contributed by atoms with Crippen LogP contribution in [0.15, 0.2) is 78.9 Å². The minimum absolute atomic E-state index is 0.0567. The second-order valence-corrected chi connectivity index (χ2v) is 12.1. The number of amides is 5. The molecule has 9 heteroatoms. The van der Waals surface area contributed by atoms with E-state index in [-0.39, 0.29) is 41.3 Å². The molecular weight excluding hydrogens is 544 g/mol. The molecule has 0 saturated carbocycles. The van der Waals surface area contributed by atoms with Crippen molar-refractivity contribution in [3.05, 3.63) is 107 Å². The zero-order valence-electron chi connectivity index (χ0n) is 23.7. The summed E-state index contributed by atoms with van der Waals surface area (Å²) in [6.45, 7) is 3.19. The Labute approximate surface area is 249 Å². The topological polar surface area (TPSA) is 107 Å². The third-order valence-electron chi connectivity index (χ3n) is 9.48. The molecule has 218 valence electrons. The van der Waals surface area contributed by atoms with Gasteiger partial charge >= 0.3 is 0 Å². The number of carbonyl (C=O) groups excluding carboxylic acids is 5. The third kappa shape index (κ3) is 4.73. The number of hydrogen-bond acceptors (Lipinski definition) is 6. The Morgan fingerprint density at radius 3 is 2.00 bits per heavy atom. The molecule has 1 atom stereocenters. The van der Waals surface area contributed by atoms with Crippen molar-refractivity contribution in [2.24, 2.45) is 5.41 Å². The Morgan fingerprint density at radius 1 is 0.791 bits per heavy atom. The second-order valence-electron chi connectivity index (χ2n) is 12.1. The summed E-state index contributed by atoms with van der Waals surface area (Å²) in [4.78, 5) is 68.9. The van der Waals surface area contributed by atoms with Crippen molar-refractivity contribution in [1.82, 2.24) is 20.0 Å². The number of hydrogen-bond donors (Lipinski definition) is 1. The number of imide groups is 2. The van der Waals surface area contributed by atoms with Gasteiger partial charge in [0.1, 0.15) is 6.04 Å². The monoisotopic (exact) mass is 576 g/mol. The van der Waals surface area contributed by atoms with Gasteiger partial charge in [-0.3, -0.25) is 39.1 Å². The van der Waals surface area contributed by atoms with E-state index in [4.69, 9.17) is 0 Å². The average molecular weight is 577 g/mol. The quantitative estimate of drug-likeness (QED) is 0.467. The van der Waals surface area contributed by atoms with E-state index in [1.54, 1.807) is 6.07 Å². The van der Waals surface area contributed by atoms with Crippen molar-refractivity contribution in [2.45, 2.75) is 37.8 Å². The van der Waals surface area contributed by atoms with Gasteiger partial charge < -0.3 is 4.90 Å². The Kier molecular flexibility index (Phi) is 6.69. The van der Waals surface area contributed by atoms with Crippen LogP contribution in [0.3, 0.4) is 0 Å². The van der Waals surface area contributed by atoms with Crippen molar-refractivity contribution in [1.29, 1.82) is 0 Å². The predicted molar refractivity (Wildman–Crippen MR) is 157 cm³/mol. The van der Waals surface area contributed by atoms with Crippen molar-refractivity contribution >= 4 is 29.5 Å². The van der Waals surface area contributed by atoms with Crippen LogP contribution in [0.25, 0.3) is 0 Å². The molecule has 5 amide bonds. The van der Waals surface area contributed by atoms with E-state index in [9.17, 15) is 24.0 Å². The molecule has 3 fully saturated rings. The van der Waals surface area contributed by atoms with Crippen LogP contribution in [0.2, 0.25) is 0 Å². The predicted octanol–water partition coefficient (Wildman–Crippen LogP) is 3.42. The first-order valence-electron chi connectivity index (χ1n) is 14.8. The van der Waals surface area contributed by atoms with Gasteiger partial charge in [-0.1, -0.05) is 60.7 Å². The minimum Gasteiger partial charge on any atom is -0.337 e. The van der Waals surface area contributed by atoms with E-state index in [1.165, 1.54) is 23.3 Å². The van der Waals surface area contributed by atoms with Gasteiger partial charge in [-0.2, -0.15) is 0 Å². The van der Waals surface area contributed by atoms with E-state index >= 15 is 0 Å². The molecule has 3 aromatic carbocycles. The highest BCUT2D eigenvalue weighted by Crippen LogP contribution is 2.44. The number of piperidine rings is 2. The Morgan fingerprint density at radius 2 is 1.40 bits per heavy atom. The molecule has 7 rings (SSSR count). The lowest BCUT2D eigenvalue weighted by Crippen LogP contribution is -2.62. The molecule has 0 radical (unpaired) electrons. The van der Waals surface area contributed by atoms with Crippen LogP contribution in [-0.4, -0.2) is 76.5 Å². The molecule has 9 nitrogen and oxygen atoms in total. The van der Waals surface area contributed by atoms with Crippen molar-refractivity contribution in [3.63, 3.8) is 0 Å². The number of likely N-dealkylation sites (tertiary alicyclic amines) is 2. The van der Waals surface area contributed by atoms with E-state index < -0.39 is 29.7 Å². The fraction of sp³-hybridized carbons (Fsp3) is 0.324. The van der Waals surface area contributed by atoms with E-state index in [0.717, 1.165) is 30.8 Å². The summed E-state index contributed by atoms with van der Waals surface area (Å²) in [6, 6.07) is 24.9. The highest BCUT2D eigenvalue weighted by Gasteiger charge is 2.49. The first kappa shape index (κ1) is 27.2. The molecule has 3 saturated heterocycles. The highest BCUT2D eigenvalue weighted by atomic mass is 16.2. The average Bonchev–Trinajstić information content (AvgIpc) is 3.26. The normalized spacial score (nSPS) is 21.7. The number of nitrogens with one attached hydrogen (secondary N) is 1. The van der Waals surface area contributed by atoms with E-state index in [2.05, 4.69) is 58.7 Å². The number of fused-ring (bicyclic) bond motifs is 1. The first-order valence-corrected chi connectivity index (χ1v) is 14.8. The van der Waals surface area contributed by atoms with Gasteiger partial charge in [-0.15, -0.1) is 0 Å². The van der Waals surface area contributed by atoms with E-state index in [1.807, 2.05) is 17.0 Å². The van der Waals surface area contributed by atoms with Crippen LogP contribution in [0.1, 0.15) is 73.9 Å². The summed E-state index contributed by atoms with van der Waals surface area (Å²) in [5.74, 6) is -2.42. The molecule has 1 unspecified atom stereocenters. The van der Waals surface area contributed by atoms with Gasteiger partial charge in [-0.05, 0) is 61.7 Å². The zero-order chi connectivity index (χ0) is 29.7. The van der Waals surface area contributed by atoms with Gasteiger partial charge in [0.05, 0.1) is 17.2 Å². The van der Waals surface area contributed by atoms with Crippen molar-refractivity contribution in [2.75, 3.05) is 26.2 Å². The van der Waals surface area contributed by atoms with Gasteiger partial charge in [-0.25, -0.2) is 0 Å². The molecule has 0 bridgehead atoms. The molecule has 1 spiro atoms. The van der Waals surface area contributed by atoms with Crippen LogP contribution in [-0.2, 0) is 9.59 Å². The summed E-state index contributed by atoms with van der Waals surface area (Å²) < 4.78 is 0. The fourth-order valence-electron chi connectivity index (χ4n) is 7.15. The molecule has 4 aliphatic heterocycles. The molecule has 3 aromatic rings. The minimum atomic E-state index is -1.03. The van der Waals surface area contributed by atoms with Crippen LogP contribution in [0, 0.1) is 5.41 Å². The maximum Gasteiger partial charge on any atom is 0.262 e. The lowest BCUT2D eigenvalue weighted by molar-refractivity contribution is -0.136. The largest absolute Gasteiger partial charge is 0.337 e.